The summed E-state index contributed by atoms with van der Waals surface area (Å²) in [4.78, 5) is 0. The van der Waals surface area contributed by atoms with Crippen molar-refractivity contribution in [3.05, 3.63) is 40.3 Å². The highest BCUT2D eigenvalue weighted by molar-refractivity contribution is 7.07. The summed E-state index contributed by atoms with van der Waals surface area (Å²) in [5.74, 6) is 0. The molecule has 2 aromatic rings. The van der Waals surface area contributed by atoms with Gasteiger partial charge in [-0.3, -0.25) is 4.68 Å². The van der Waals surface area contributed by atoms with E-state index in [1.165, 1.54) is 5.56 Å². The van der Waals surface area contributed by atoms with Crippen LogP contribution in [0.25, 0.3) is 0 Å². The second kappa shape index (κ2) is 5.95. The normalized spacial score (nSPS) is 12.8. The van der Waals surface area contributed by atoms with E-state index in [1.54, 1.807) is 16.0 Å². The van der Waals surface area contributed by atoms with Crippen molar-refractivity contribution in [3.63, 3.8) is 0 Å². The lowest BCUT2D eigenvalue weighted by Crippen LogP contribution is -2.23. The molecule has 0 saturated heterocycles. The van der Waals surface area contributed by atoms with Gasteiger partial charge in [0.25, 0.3) is 0 Å². The van der Waals surface area contributed by atoms with Crippen LogP contribution in [0.1, 0.15) is 17.2 Å². The third-order valence-corrected chi connectivity index (χ3v) is 3.32. The summed E-state index contributed by atoms with van der Waals surface area (Å²) in [5.41, 5.74) is 2.20. The Morgan fingerprint density at radius 2 is 2.47 bits per heavy atom. The maximum absolute atomic E-state index is 9.84. The quantitative estimate of drug-likeness (QED) is 0.762. The van der Waals surface area contributed by atoms with E-state index in [4.69, 9.17) is 0 Å². The van der Waals surface area contributed by atoms with Crippen LogP contribution in [-0.4, -0.2) is 28.0 Å². The minimum atomic E-state index is -0.407. The molecule has 0 aliphatic heterocycles. The molecular formula is C12H17N3OS. The summed E-state index contributed by atoms with van der Waals surface area (Å²) in [7, 11) is 1.91. The summed E-state index contributed by atoms with van der Waals surface area (Å²) in [6.07, 6.45) is 4.41. The molecule has 0 spiro atoms. The molecular weight excluding hydrogens is 234 g/mol. The fourth-order valence-electron chi connectivity index (χ4n) is 1.65. The van der Waals surface area contributed by atoms with E-state index < -0.39 is 6.10 Å². The van der Waals surface area contributed by atoms with E-state index in [-0.39, 0.29) is 0 Å². The minimum absolute atomic E-state index is 0.407. The van der Waals surface area contributed by atoms with Gasteiger partial charge in [0, 0.05) is 19.8 Å². The summed E-state index contributed by atoms with van der Waals surface area (Å²) >= 11 is 1.61. The zero-order valence-corrected chi connectivity index (χ0v) is 10.7. The lowest BCUT2D eigenvalue weighted by molar-refractivity contribution is 0.175. The molecule has 0 aromatic carbocycles. The first kappa shape index (κ1) is 12.3. The zero-order valence-electron chi connectivity index (χ0n) is 9.84. The molecule has 2 N–H and O–H groups in total. The smallest absolute Gasteiger partial charge is 0.0922 e. The van der Waals surface area contributed by atoms with E-state index in [0.29, 0.717) is 6.54 Å². The number of aliphatic hydroxyl groups is 1. The number of hydrogen-bond acceptors (Lipinski definition) is 4. The first-order chi connectivity index (χ1) is 8.25. The highest BCUT2D eigenvalue weighted by Gasteiger charge is 2.06. The van der Waals surface area contributed by atoms with Crippen LogP contribution in [0.4, 0.5) is 0 Å². The first-order valence-electron chi connectivity index (χ1n) is 5.64. The Morgan fingerprint density at radius 3 is 3.12 bits per heavy atom. The SMILES string of the molecule is Cn1cc(CCNCC(O)c2ccsc2)cn1. The van der Waals surface area contributed by atoms with Gasteiger partial charge in [0.2, 0.25) is 0 Å². The molecule has 0 aliphatic carbocycles. The number of aliphatic hydroxyl groups excluding tert-OH is 1. The molecule has 0 fully saturated rings. The molecule has 1 unspecified atom stereocenters. The predicted octanol–water partition coefficient (Wildman–Crippen LogP) is 1.35. The minimum Gasteiger partial charge on any atom is -0.387 e. The highest BCUT2D eigenvalue weighted by Crippen LogP contribution is 2.14. The maximum atomic E-state index is 9.84. The molecule has 0 radical (unpaired) electrons. The third-order valence-electron chi connectivity index (χ3n) is 2.61. The fraction of sp³-hybridized carbons (Fsp3) is 0.417. The molecule has 1 atom stereocenters. The maximum Gasteiger partial charge on any atom is 0.0922 e. The van der Waals surface area contributed by atoms with Crippen molar-refractivity contribution >= 4 is 11.3 Å². The van der Waals surface area contributed by atoms with Crippen LogP contribution < -0.4 is 5.32 Å². The Morgan fingerprint density at radius 1 is 1.59 bits per heavy atom. The fourth-order valence-corrected chi connectivity index (χ4v) is 2.36. The second-order valence-corrected chi connectivity index (χ2v) is 4.83. The van der Waals surface area contributed by atoms with Gasteiger partial charge in [0.15, 0.2) is 0 Å². The van der Waals surface area contributed by atoms with Gasteiger partial charge < -0.3 is 10.4 Å². The first-order valence-corrected chi connectivity index (χ1v) is 6.58. The molecule has 17 heavy (non-hydrogen) atoms. The second-order valence-electron chi connectivity index (χ2n) is 4.05. The van der Waals surface area contributed by atoms with Gasteiger partial charge in [0.05, 0.1) is 12.3 Å². The molecule has 2 heterocycles. The number of rotatable bonds is 6. The number of thiophene rings is 1. The molecule has 0 saturated carbocycles. The van der Waals surface area contributed by atoms with Crippen molar-refractivity contribution in [3.8, 4) is 0 Å². The van der Waals surface area contributed by atoms with Crippen LogP contribution in [0, 0.1) is 0 Å². The van der Waals surface area contributed by atoms with Crippen LogP contribution in [0.5, 0.6) is 0 Å². The molecule has 0 aliphatic rings. The number of nitrogens with one attached hydrogen (secondary N) is 1. The van der Waals surface area contributed by atoms with Gasteiger partial charge in [-0.25, -0.2) is 0 Å². The van der Waals surface area contributed by atoms with Crippen molar-refractivity contribution < 1.29 is 5.11 Å². The molecule has 5 heteroatoms. The van der Waals surface area contributed by atoms with Crippen molar-refractivity contribution in [1.82, 2.24) is 15.1 Å². The summed E-state index contributed by atoms with van der Waals surface area (Å²) < 4.78 is 1.80. The third kappa shape index (κ3) is 3.66. The van der Waals surface area contributed by atoms with Crippen LogP contribution in [0.15, 0.2) is 29.2 Å². The summed E-state index contributed by atoms with van der Waals surface area (Å²) in [5, 5.41) is 21.2. The summed E-state index contributed by atoms with van der Waals surface area (Å²) in [6, 6.07) is 1.96. The van der Waals surface area contributed by atoms with Crippen molar-refractivity contribution in [1.29, 1.82) is 0 Å². The Labute approximate surface area is 105 Å². The van der Waals surface area contributed by atoms with Gasteiger partial charge in [-0.05, 0) is 40.9 Å². The molecule has 2 aromatic heterocycles. The molecule has 4 nitrogen and oxygen atoms in total. The molecule has 2 rings (SSSR count). The molecule has 92 valence electrons. The Balaban J connectivity index is 1.66. The Kier molecular flexibility index (Phi) is 4.30. The average Bonchev–Trinajstić information content (AvgIpc) is 2.95. The Hall–Kier alpha value is -1.17. The van der Waals surface area contributed by atoms with E-state index in [2.05, 4.69) is 10.4 Å². The van der Waals surface area contributed by atoms with Gasteiger partial charge in [0.1, 0.15) is 0 Å². The standard InChI is InChI=1S/C12H17N3OS/c1-15-8-10(6-14-15)2-4-13-7-12(16)11-3-5-17-9-11/h3,5-6,8-9,12-13,16H,2,4,7H2,1H3. The monoisotopic (exact) mass is 251 g/mol. The van der Waals surface area contributed by atoms with E-state index in [9.17, 15) is 5.11 Å². The number of hydrogen-bond donors (Lipinski definition) is 2. The molecule has 0 amide bonds. The van der Waals surface area contributed by atoms with Crippen LogP contribution in [-0.2, 0) is 13.5 Å². The summed E-state index contributed by atoms with van der Waals surface area (Å²) in [6.45, 7) is 1.45. The van der Waals surface area contributed by atoms with Crippen LogP contribution >= 0.6 is 11.3 Å². The number of aryl methyl sites for hydroxylation is 1. The lowest BCUT2D eigenvalue weighted by Gasteiger charge is -2.09. The highest BCUT2D eigenvalue weighted by atomic mass is 32.1. The number of nitrogens with zero attached hydrogens (tertiary/aromatic N) is 2. The van der Waals surface area contributed by atoms with Gasteiger partial charge in [-0.1, -0.05) is 0 Å². The van der Waals surface area contributed by atoms with Crippen LogP contribution in [0.3, 0.4) is 0 Å². The van der Waals surface area contributed by atoms with Gasteiger partial charge in [-0.2, -0.15) is 16.4 Å². The Bertz CT molecular complexity index is 438. The lowest BCUT2D eigenvalue weighted by atomic mass is 10.2. The van der Waals surface area contributed by atoms with E-state index in [1.807, 2.05) is 36.3 Å². The van der Waals surface area contributed by atoms with Gasteiger partial charge >= 0.3 is 0 Å². The largest absolute Gasteiger partial charge is 0.387 e. The van der Waals surface area contributed by atoms with Crippen molar-refractivity contribution in [2.24, 2.45) is 7.05 Å². The van der Waals surface area contributed by atoms with Crippen molar-refractivity contribution in [2.75, 3.05) is 13.1 Å². The van der Waals surface area contributed by atoms with E-state index in [0.717, 1.165) is 18.5 Å². The van der Waals surface area contributed by atoms with Crippen molar-refractivity contribution in [2.45, 2.75) is 12.5 Å². The topological polar surface area (TPSA) is 50.1 Å². The zero-order chi connectivity index (χ0) is 12.1. The predicted molar refractivity (Wildman–Crippen MR) is 69.1 cm³/mol. The molecule has 0 bridgehead atoms. The van der Waals surface area contributed by atoms with Crippen LogP contribution in [0.2, 0.25) is 0 Å². The van der Waals surface area contributed by atoms with E-state index >= 15 is 0 Å². The number of aromatic nitrogens is 2. The van der Waals surface area contributed by atoms with Gasteiger partial charge in [-0.15, -0.1) is 0 Å². The average molecular weight is 251 g/mol.